The molecule has 0 bridgehead atoms. The molecule has 0 heterocycles. The number of halogens is 1. The number of hydrogen-bond donors (Lipinski definition) is 2. The molecule has 1 rings (SSSR count). The first-order valence-electron chi connectivity index (χ1n) is 5.41. The second-order valence-electron chi connectivity index (χ2n) is 3.53. The summed E-state index contributed by atoms with van der Waals surface area (Å²) in [4.78, 5) is 11.5. The number of hydrogen-bond acceptors (Lipinski definition) is 2. The van der Waals surface area contributed by atoms with Crippen molar-refractivity contribution in [2.24, 2.45) is 5.73 Å². The summed E-state index contributed by atoms with van der Waals surface area (Å²) in [5.74, 6) is -0.177. The molecule has 0 aromatic heterocycles. The molecule has 1 unspecified atom stereocenters. The summed E-state index contributed by atoms with van der Waals surface area (Å²) in [7, 11) is 0. The van der Waals surface area contributed by atoms with E-state index in [-0.39, 0.29) is 12.3 Å². The average Bonchev–Trinajstić information content (AvgIpc) is 2.30. The third-order valence-corrected chi connectivity index (χ3v) is 2.27. The maximum absolute atomic E-state index is 13.6. The monoisotopic (exact) mass is 224 g/mol. The van der Waals surface area contributed by atoms with E-state index in [1.165, 1.54) is 0 Å². The van der Waals surface area contributed by atoms with Gasteiger partial charge in [-0.25, -0.2) is 4.39 Å². The molecule has 4 heteroatoms. The molecule has 0 radical (unpaired) electrons. The summed E-state index contributed by atoms with van der Waals surface area (Å²) in [6.45, 7) is 2.70. The Morgan fingerprint density at radius 1 is 1.56 bits per heavy atom. The molecule has 1 aromatic carbocycles. The SMILES string of the molecule is CCNC(=O)c1cccc(C(F)CCN)c1. The van der Waals surface area contributed by atoms with Gasteiger partial charge < -0.3 is 11.1 Å². The van der Waals surface area contributed by atoms with Crippen molar-refractivity contribution < 1.29 is 9.18 Å². The largest absolute Gasteiger partial charge is 0.352 e. The van der Waals surface area contributed by atoms with Crippen LogP contribution in [0.25, 0.3) is 0 Å². The fourth-order valence-electron chi connectivity index (χ4n) is 1.45. The van der Waals surface area contributed by atoms with Crippen LogP contribution in [0.2, 0.25) is 0 Å². The molecule has 1 atom stereocenters. The first-order chi connectivity index (χ1) is 7.69. The summed E-state index contributed by atoms with van der Waals surface area (Å²) in [6, 6.07) is 6.60. The lowest BCUT2D eigenvalue weighted by Gasteiger charge is -2.09. The van der Waals surface area contributed by atoms with Crippen molar-refractivity contribution in [1.29, 1.82) is 0 Å². The summed E-state index contributed by atoms with van der Waals surface area (Å²) in [6.07, 6.45) is -0.821. The fourth-order valence-corrected chi connectivity index (χ4v) is 1.45. The van der Waals surface area contributed by atoms with Gasteiger partial charge in [0.25, 0.3) is 5.91 Å². The van der Waals surface area contributed by atoms with Gasteiger partial charge in [-0.3, -0.25) is 4.79 Å². The molecule has 16 heavy (non-hydrogen) atoms. The Balaban J connectivity index is 2.82. The Kier molecular flexibility index (Phi) is 4.92. The number of benzene rings is 1. The molecule has 0 saturated heterocycles. The highest BCUT2D eigenvalue weighted by Crippen LogP contribution is 2.21. The molecule has 88 valence electrons. The van der Waals surface area contributed by atoms with E-state index in [1.807, 2.05) is 6.92 Å². The average molecular weight is 224 g/mol. The van der Waals surface area contributed by atoms with Crippen LogP contribution in [0.15, 0.2) is 24.3 Å². The lowest BCUT2D eigenvalue weighted by atomic mass is 10.0. The van der Waals surface area contributed by atoms with Gasteiger partial charge in [0.2, 0.25) is 0 Å². The molecule has 3 nitrogen and oxygen atoms in total. The second kappa shape index (κ2) is 6.23. The van der Waals surface area contributed by atoms with Crippen LogP contribution in [0.1, 0.15) is 35.4 Å². The Hall–Kier alpha value is -1.42. The number of nitrogens with two attached hydrogens (primary N) is 1. The number of carbonyl (C=O) groups is 1. The molecule has 0 spiro atoms. The number of amides is 1. The lowest BCUT2D eigenvalue weighted by Crippen LogP contribution is -2.22. The minimum Gasteiger partial charge on any atom is -0.352 e. The molecule has 0 aliphatic heterocycles. The topological polar surface area (TPSA) is 55.1 Å². The van der Waals surface area contributed by atoms with Crippen LogP contribution >= 0.6 is 0 Å². The fraction of sp³-hybridized carbons (Fsp3) is 0.417. The summed E-state index contributed by atoms with van der Waals surface area (Å²) < 4.78 is 13.6. The van der Waals surface area contributed by atoms with Crippen molar-refractivity contribution in [2.75, 3.05) is 13.1 Å². The molecule has 0 aliphatic carbocycles. The molecule has 1 aromatic rings. The number of nitrogens with one attached hydrogen (secondary N) is 1. The standard InChI is InChI=1S/C12H17FN2O/c1-2-15-12(16)10-5-3-4-9(8-10)11(13)6-7-14/h3-5,8,11H,2,6-7,14H2,1H3,(H,15,16). The molecule has 1 amide bonds. The number of rotatable bonds is 5. The first kappa shape index (κ1) is 12.6. The maximum atomic E-state index is 13.6. The van der Waals surface area contributed by atoms with Gasteiger partial charge >= 0.3 is 0 Å². The van der Waals surface area contributed by atoms with Gasteiger partial charge in [-0.05, 0) is 37.6 Å². The summed E-state index contributed by atoms with van der Waals surface area (Å²) >= 11 is 0. The Morgan fingerprint density at radius 3 is 2.94 bits per heavy atom. The van der Waals surface area contributed by atoms with Crippen molar-refractivity contribution in [1.82, 2.24) is 5.32 Å². The third kappa shape index (κ3) is 3.31. The normalized spacial score (nSPS) is 12.2. The third-order valence-electron chi connectivity index (χ3n) is 2.27. The van der Waals surface area contributed by atoms with Gasteiger partial charge in [-0.2, -0.15) is 0 Å². The smallest absolute Gasteiger partial charge is 0.251 e. The van der Waals surface area contributed by atoms with E-state index < -0.39 is 6.17 Å². The van der Waals surface area contributed by atoms with Crippen LogP contribution in [0, 0.1) is 0 Å². The van der Waals surface area contributed by atoms with Crippen molar-refractivity contribution in [3.63, 3.8) is 0 Å². The molecule has 0 fully saturated rings. The zero-order valence-electron chi connectivity index (χ0n) is 9.37. The predicted molar refractivity (Wildman–Crippen MR) is 62.0 cm³/mol. The minimum absolute atomic E-state index is 0.177. The highest BCUT2D eigenvalue weighted by atomic mass is 19.1. The van der Waals surface area contributed by atoms with Crippen molar-refractivity contribution >= 4 is 5.91 Å². The Labute approximate surface area is 94.8 Å². The van der Waals surface area contributed by atoms with Crippen LogP contribution in [0.5, 0.6) is 0 Å². The minimum atomic E-state index is -1.10. The zero-order valence-corrected chi connectivity index (χ0v) is 9.37. The van der Waals surface area contributed by atoms with E-state index in [2.05, 4.69) is 5.32 Å². The van der Waals surface area contributed by atoms with Crippen LogP contribution in [0.4, 0.5) is 4.39 Å². The van der Waals surface area contributed by atoms with E-state index in [0.717, 1.165) is 0 Å². The van der Waals surface area contributed by atoms with Gasteiger partial charge in [0, 0.05) is 12.1 Å². The highest BCUT2D eigenvalue weighted by Gasteiger charge is 2.11. The van der Waals surface area contributed by atoms with Crippen LogP contribution < -0.4 is 11.1 Å². The van der Waals surface area contributed by atoms with E-state index in [9.17, 15) is 9.18 Å². The second-order valence-corrected chi connectivity index (χ2v) is 3.53. The summed E-state index contributed by atoms with van der Waals surface area (Å²) in [5, 5.41) is 2.67. The van der Waals surface area contributed by atoms with E-state index in [0.29, 0.717) is 24.2 Å². The number of alkyl halides is 1. The van der Waals surface area contributed by atoms with Gasteiger partial charge in [-0.1, -0.05) is 12.1 Å². The molecule has 0 saturated carbocycles. The van der Waals surface area contributed by atoms with Gasteiger partial charge in [0.15, 0.2) is 0 Å². The van der Waals surface area contributed by atoms with Crippen LogP contribution in [-0.4, -0.2) is 19.0 Å². The summed E-state index contributed by atoms with van der Waals surface area (Å²) in [5.41, 5.74) is 6.29. The Bertz CT molecular complexity index is 355. The van der Waals surface area contributed by atoms with Crippen LogP contribution in [-0.2, 0) is 0 Å². The lowest BCUT2D eigenvalue weighted by molar-refractivity contribution is 0.0955. The maximum Gasteiger partial charge on any atom is 0.251 e. The zero-order chi connectivity index (χ0) is 12.0. The molecule has 0 aliphatic rings. The first-order valence-corrected chi connectivity index (χ1v) is 5.41. The van der Waals surface area contributed by atoms with E-state index >= 15 is 0 Å². The molecular formula is C12H17FN2O. The predicted octanol–water partition coefficient (Wildman–Crippen LogP) is 1.80. The van der Waals surface area contributed by atoms with E-state index in [1.54, 1.807) is 24.3 Å². The quantitative estimate of drug-likeness (QED) is 0.801. The van der Waals surface area contributed by atoms with E-state index in [4.69, 9.17) is 5.73 Å². The number of carbonyl (C=O) groups excluding carboxylic acids is 1. The van der Waals surface area contributed by atoms with Crippen molar-refractivity contribution in [2.45, 2.75) is 19.5 Å². The van der Waals surface area contributed by atoms with Crippen LogP contribution in [0.3, 0.4) is 0 Å². The van der Waals surface area contributed by atoms with Crippen molar-refractivity contribution in [3.05, 3.63) is 35.4 Å². The Morgan fingerprint density at radius 2 is 2.31 bits per heavy atom. The van der Waals surface area contributed by atoms with Gasteiger partial charge in [0.05, 0.1) is 0 Å². The van der Waals surface area contributed by atoms with Crippen molar-refractivity contribution in [3.8, 4) is 0 Å². The molecular weight excluding hydrogens is 207 g/mol. The van der Waals surface area contributed by atoms with Gasteiger partial charge in [-0.15, -0.1) is 0 Å². The van der Waals surface area contributed by atoms with Gasteiger partial charge in [0.1, 0.15) is 6.17 Å². The highest BCUT2D eigenvalue weighted by molar-refractivity contribution is 5.94. The molecule has 3 N–H and O–H groups in total.